The standard InChI is InChI=1S/C23H30N2O3/c1-5-6-22(26)25(16-20-11-13-21(28-4)14-12-20)18(3)23(27)24-15-19-9-7-17(2)8-10-19/h7-14,18H,5-6,15-16H2,1-4H3,(H,24,27). The maximum atomic E-state index is 12.7. The van der Waals surface area contributed by atoms with Crippen molar-refractivity contribution in [3.8, 4) is 5.75 Å². The second-order valence-corrected chi connectivity index (χ2v) is 7.00. The van der Waals surface area contributed by atoms with Crippen LogP contribution in [-0.2, 0) is 22.7 Å². The fourth-order valence-corrected chi connectivity index (χ4v) is 2.91. The summed E-state index contributed by atoms with van der Waals surface area (Å²) < 4.78 is 5.18. The van der Waals surface area contributed by atoms with Gasteiger partial charge in [0.25, 0.3) is 0 Å². The highest BCUT2D eigenvalue weighted by molar-refractivity contribution is 5.87. The number of amides is 2. The van der Waals surface area contributed by atoms with Gasteiger partial charge in [-0.15, -0.1) is 0 Å². The van der Waals surface area contributed by atoms with E-state index in [1.165, 1.54) is 5.56 Å². The normalized spacial score (nSPS) is 11.6. The van der Waals surface area contributed by atoms with Crippen molar-refractivity contribution < 1.29 is 14.3 Å². The summed E-state index contributed by atoms with van der Waals surface area (Å²) in [6, 6.07) is 15.0. The highest BCUT2D eigenvalue weighted by Gasteiger charge is 2.25. The molecule has 5 heteroatoms. The number of aryl methyl sites for hydroxylation is 1. The molecule has 0 heterocycles. The molecule has 150 valence electrons. The summed E-state index contributed by atoms with van der Waals surface area (Å²) in [5, 5.41) is 2.95. The molecule has 2 amide bonds. The van der Waals surface area contributed by atoms with Crippen LogP contribution >= 0.6 is 0 Å². The van der Waals surface area contributed by atoms with Crippen LogP contribution in [0, 0.1) is 6.92 Å². The number of nitrogens with zero attached hydrogens (tertiary/aromatic N) is 1. The number of nitrogens with one attached hydrogen (secondary N) is 1. The molecular weight excluding hydrogens is 352 g/mol. The van der Waals surface area contributed by atoms with Crippen molar-refractivity contribution in [3.63, 3.8) is 0 Å². The lowest BCUT2D eigenvalue weighted by Gasteiger charge is -2.29. The van der Waals surface area contributed by atoms with Crippen molar-refractivity contribution in [1.29, 1.82) is 0 Å². The van der Waals surface area contributed by atoms with Gasteiger partial charge >= 0.3 is 0 Å². The van der Waals surface area contributed by atoms with Gasteiger partial charge < -0.3 is 15.0 Å². The van der Waals surface area contributed by atoms with E-state index in [1.807, 2.05) is 62.4 Å². The molecule has 1 unspecified atom stereocenters. The first kappa shape index (κ1) is 21.5. The van der Waals surface area contributed by atoms with Crippen LogP contribution in [0.25, 0.3) is 0 Å². The Kier molecular flexibility index (Phi) is 8.05. The molecule has 2 rings (SSSR count). The largest absolute Gasteiger partial charge is 0.497 e. The van der Waals surface area contributed by atoms with Gasteiger partial charge in [-0.25, -0.2) is 0 Å². The Balaban J connectivity index is 2.06. The minimum Gasteiger partial charge on any atom is -0.497 e. The maximum Gasteiger partial charge on any atom is 0.242 e. The number of benzene rings is 2. The number of ether oxygens (including phenoxy) is 1. The maximum absolute atomic E-state index is 12.7. The number of rotatable bonds is 9. The quantitative estimate of drug-likeness (QED) is 0.717. The Hall–Kier alpha value is -2.82. The van der Waals surface area contributed by atoms with Gasteiger partial charge in [0.1, 0.15) is 11.8 Å². The van der Waals surface area contributed by atoms with Crippen molar-refractivity contribution in [1.82, 2.24) is 10.2 Å². The van der Waals surface area contributed by atoms with Gasteiger partial charge in [-0.2, -0.15) is 0 Å². The number of hydrogen-bond donors (Lipinski definition) is 1. The highest BCUT2D eigenvalue weighted by atomic mass is 16.5. The minimum atomic E-state index is -0.549. The van der Waals surface area contributed by atoms with E-state index in [0.717, 1.165) is 23.3 Å². The molecule has 0 aromatic heterocycles. The molecule has 1 N–H and O–H groups in total. The molecule has 0 aliphatic heterocycles. The molecule has 2 aromatic rings. The molecule has 0 fully saturated rings. The third-order valence-electron chi connectivity index (χ3n) is 4.73. The van der Waals surface area contributed by atoms with Gasteiger partial charge in [0.05, 0.1) is 7.11 Å². The lowest BCUT2D eigenvalue weighted by Crippen LogP contribution is -2.47. The second-order valence-electron chi connectivity index (χ2n) is 7.00. The Morgan fingerprint density at radius 1 is 1.04 bits per heavy atom. The van der Waals surface area contributed by atoms with E-state index in [1.54, 1.807) is 18.9 Å². The Labute approximate surface area is 167 Å². The van der Waals surface area contributed by atoms with Gasteiger partial charge in [0.2, 0.25) is 11.8 Å². The predicted octanol–water partition coefficient (Wildman–Crippen LogP) is 3.84. The van der Waals surface area contributed by atoms with Crippen LogP contribution in [0.4, 0.5) is 0 Å². The molecule has 0 bridgehead atoms. The van der Waals surface area contributed by atoms with Crippen molar-refractivity contribution in [3.05, 3.63) is 65.2 Å². The lowest BCUT2D eigenvalue weighted by molar-refractivity contribution is -0.140. The first-order valence-corrected chi connectivity index (χ1v) is 9.70. The van der Waals surface area contributed by atoms with Crippen molar-refractivity contribution in [2.75, 3.05) is 7.11 Å². The van der Waals surface area contributed by atoms with Crippen LogP contribution in [-0.4, -0.2) is 29.9 Å². The van der Waals surface area contributed by atoms with Crippen molar-refractivity contribution >= 4 is 11.8 Å². The van der Waals surface area contributed by atoms with Gasteiger partial charge in [0, 0.05) is 19.5 Å². The summed E-state index contributed by atoms with van der Waals surface area (Å²) in [6.07, 6.45) is 1.17. The number of carbonyl (C=O) groups excluding carboxylic acids is 2. The molecule has 0 radical (unpaired) electrons. The van der Waals surface area contributed by atoms with E-state index in [4.69, 9.17) is 4.74 Å². The predicted molar refractivity (Wildman–Crippen MR) is 111 cm³/mol. The van der Waals surface area contributed by atoms with Crippen LogP contribution in [0.5, 0.6) is 5.75 Å². The van der Waals surface area contributed by atoms with Crippen LogP contribution in [0.2, 0.25) is 0 Å². The van der Waals surface area contributed by atoms with E-state index < -0.39 is 6.04 Å². The van der Waals surface area contributed by atoms with Gasteiger partial charge in [-0.3, -0.25) is 9.59 Å². The summed E-state index contributed by atoms with van der Waals surface area (Å²) in [7, 11) is 1.62. The molecule has 28 heavy (non-hydrogen) atoms. The average Bonchev–Trinajstić information content (AvgIpc) is 2.71. The molecule has 2 aromatic carbocycles. The van der Waals surface area contributed by atoms with Crippen LogP contribution in [0.3, 0.4) is 0 Å². The van der Waals surface area contributed by atoms with Crippen LogP contribution in [0.1, 0.15) is 43.4 Å². The van der Waals surface area contributed by atoms with E-state index in [2.05, 4.69) is 5.32 Å². The zero-order chi connectivity index (χ0) is 20.5. The van der Waals surface area contributed by atoms with Crippen molar-refractivity contribution in [2.24, 2.45) is 0 Å². The zero-order valence-electron chi connectivity index (χ0n) is 17.2. The van der Waals surface area contributed by atoms with Gasteiger partial charge in [-0.05, 0) is 43.5 Å². The highest BCUT2D eigenvalue weighted by Crippen LogP contribution is 2.16. The summed E-state index contributed by atoms with van der Waals surface area (Å²) in [5.41, 5.74) is 3.18. The number of hydrogen-bond acceptors (Lipinski definition) is 3. The summed E-state index contributed by atoms with van der Waals surface area (Å²) in [5.74, 6) is 0.592. The molecule has 0 aliphatic carbocycles. The first-order chi connectivity index (χ1) is 13.4. The smallest absolute Gasteiger partial charge is 0.242 e. The minimum absolute atomic E-state index is 0.0173. The number of carbonyl (C=O) groups is 2. The average molecular weight is 383 g/mol. The van der Waals surface area contributed by atoms with E-state index >= 15 is 0 Å². The van der Waals surface area contributed by atoms with E-state index in [-0.39, 0.29) is 11.8 Å². The fraction of sp³-hybridized carbons (Fsp3) is 0.391. The third kappa shape index (κ3) is 6.12. The summed E-state index contributed by atoms with van der Waals surface area (Å²) in [6.45, 7) is 6.61. The van der Waals surface area contributed by atoms with E-state index in [9.17, 15) is 9.59 Å². The molecule has 0 spiro atoms. The number of methoxy groups -OCH3 is 1. The SMILES string of the molecule is CCCC(=O)N(Cc1ccc(OC)cc1)C(C)C(=O)NCc1ccc(C)cc1. The summed E-state index contributed by atoms with van der Waals surface area (Å²) in [4.78, 5) is 27.0. The molecule has 1 atom stereocenters. The molecule has 0 aliphatic rings. The molecule has 0 saturated carbocycles. The van der Waals surface area contributed by atoms with Crippen LogP contribution in [0.15, 0.2) is 48.5 Å². The van der Waals surface area contributed by atoms with Gasteiger partial charge in [0.15, 0.2) is 0 Å². The van der Waals surface area contributed by atoms with Gasteiger partial charge in [-0.1, -0.05) is 48.9 Å². The Morgan fingerprint density at radius 2 is 1.64 bits per heavy atom. The summed E-state index contributed by atoms with van der Waals surface area (Å²) >= 11 is 0. The van der Waals surface area contributed by atoms with Crippen molar-refractivity contribution in [2.45, 2.75) is 52.7 Å². The molecule has 5 nitrogen and oxygen atoms in total. The molecule has 0 saturated heterocycles. The second kappa shape index (κ2) is 10.5. The Morgan fingerprint density at radius 3 is 2.21 bits per heavy atom. The Bertz CT molecular complexity index is 769. The first-order valence-electron chi connectivity index (χ1n) is 9.70. The third-order valence-corrected chi connectivity index (χ3v) is 4.73. The lowest BCUT2D eigenvalue weighted by atomic mass is 10.1. The van der Waals surface area contributed by atoms with Crippen LogP contribution < -0.4 is 10.1 Å². The molecular formula is C23H30N2O3. The monoisotopic (exact) mass is 382 g/mol. The zero-order valence-corrected chi connectivity index (χ0v) is 17.2. The van der Waals surface area contributed by atoms with E-state index in [0.29, 0.717) is 19.5 Å². The topological polar surface area (TPSA) is 58.6 Å². The fourth-order valence-electron chi connectivity index (χ4n) is 2.91.